The molecule has 10 rings (SSSR count). The van der Waals surface area contributed by atoms with E-state index in [-0.39, 0.29) is 18.1 Å². The third kappa shape index (κ3) is 11.7. The van der Waals surface area contributed by atoms with Gasteiger partial charge in [-0.15, -0.1) is 0 Å². The average Bonchev–Trinajstić information content (AvgIpc) is 3.79. The van der Waals surface area contributed by atoms with E-state index in [0.29, 0.717) is 102 Å². The SMILES string of the molecule is CCc1c2c(nc3ccc(OC(=O)NCCCCOc4cc(CN(Cc5ccccn5)Cc5ccccn5)cc(CN(Cc5ccccn5)Cc5ccccn5)c4)cc13)-c1cc3c(c(=O)n1C2)COC(=O)[C@H]3CC. The van der Waals surface area contributed by atoms with Crippen LogP contribution in [0.5, 0.6) is 11.5 Å². The van der Waals surface area contributed by atoms with Crippen LogP contribution in [0.4, 0.5) is 4.79 Å². The third-order valence-electron chi connectivity index (χ3n) is 13.6. The number of cyclic esters (lactones) is 1. The summed E-state index contributed by atoms with van der Waals surface area (Å²) >= 11 is 0. The van der Waals surface area contributed by atoms with Crippen LogP contribution >= 0.6 is 0 Å². The molecule has 6 aromatic heterocycles. The zero-order valence-electron chi connectivity index (χ0n) is 41.8. The lowest BCUT2D eigenvalue weighted by Crippen LogP contribution is -2.32. The molecule has 0 spiro atoms. The molecule has 0 radical (unpaired) electrons. The molecule has 0 saturated carbocycles. The van der Waals surface area contributed by atoms with Gasteiger partial charge in [0.1, 0.15) is 18.1 Å². The van der Waals surface area contributed by atoms with Crippen molar-refractivity contribution in [3.05, 3.63) is 207 Å². The number of unbranched alkanes of at least 4 members (excludes halogenated alkanes) is 1. The maximum atomic E-state index is 13.8. The summed E-state index contributed by atoms with van der Waals surface area (Å²) in [6.07, 6.45) is 9.34. The molecule has 1 N–H and O–H groups in total. The van der Waals surface area contributed by atoms with Crippen LogP contribution in [0.1, 0.15) is 95.2 Å². The first-order valence-corrected chi connectivity index (χ1v) is 25.4. The molecule has 15 nitrogen and oxygen atoms in total. The Kier molecular flexibility index (Phi) is 15.5. The summed E-state index contributed by atoms with van der Waals surface area (Å²) in [7, 11) is 0. The van der Waals surface area contributed by atoms with E-state index in [1.165, 1.54) is 0 Å². The minimum atomic E-state index is -0.552. The lowest BCUT2D eigenvalue weighted by molar-refractivity contribution is -0.148. The molecule has 1 amide bonds. The van der Waals surface area contributed by atoms with Crippen LogP contribution in [0.15, 0.2) is 145 Å². The highest BCUT2D eigenvalue weighted by molar-refractivity contribution is 5.90. The fourth-order valence-corrected chi connectivity index (χ4v) is 10.1. The van der Waals surface area contributed by atoms with Crippen molar-refractivity contribution < 1.29 is 23.8 Å². The van der Waals surface area contributed by atoms with E-state index in [1.54, 1.807) is 10.6 Å². The lowest BCUT2D eigenvalue weighted by atomic mass is 9.90. The smallest absolute Gasteiger partial charge is 0.412 e. The first kappa shape index (κ1) is 49.4. The van der Waals surface area contributed by atoms with Crippen LogP contribution < -0.4 is 20.3 Å². The van der Waals surface area contributed by atoms with Crippen molar-refractivity contribution in [1.29, 1.82) is 0 Å². The number of esters is 1. The molecular formula is C59H59N9O6. The number of fused-ring (bicyclic) bond motifs is 5. The van der Waals surface area contributed by atoms with Crippen LogP contribution in [-0.4, -0.2) is 64.5 Å². The van der Waals surface area contributed by atoms with Gasteiger partial charge in [0.2, 0.25) is 0 Å². The Bertz CT molecular complexity index is 3120. The van der Waals surface area contributed by atoms with Crippen molar-refractivity contribution in [3.8, 4) is 22.9 Å². The van der Waals surface area contributed by atoms with Gasteiger partial charge in [0.25, 0.3) is 5.56 Å². The van der Waals surface area contributed by atoms with Crippen molar-refractivity contribution in [2.75, 3.05) is 13.2 Å². The zero-order valence-corrected chi connectivity index (χ0v) is 41.8. The Labute approximate surface area is 430 Å². The maximum absolute atomic E-state index is 13.8. The van der Waals surface area contributed by atoms with Gasteiger partial charge in [-0.1, -0.05) is 44.2 Å². The molecule has 1 atom stereocenters. The Morgan fingerprint density at radius 2 is 1.28 bits per heavy atom. The fraction of sp³-hybridized carbons (Fsp3) is 0.288. The van der Waals surface area contributed by atoms with Crippen LogP contribution in [-0.2, 0) is 68.4 Å². The molecule has 8 aromatic rings. The lowest BCUT2D eigenvalue weighted by Gasteiger charge is -2.25. The van der Waals surface area contributed by atoms with E-state index in [2.05, 4.69) is 60.2 Å². The van der Waals surface area contributed by atoms with E-state index in [4.69, 9.17) is 19.2 Å². The molecular weight excluding hydrogens is 931 g/mol. The highest BCUT2D eigenvalue weighted by atomic mass is 16.6. The van der Waals surface area contributed by atoms with Gasteiger partial charge in [0, 0.05) is 81.6 Å². The molecule has 15 heteroatoms. The number of carbonyl (C=O) groups excluding carboxylic acids is 2. The summed E-state index contributed by atoms with van der Waals surface area (Å²) in [4.78, 5) is 67.8. The van der Waals surface area contributed by atoms with E-state index >= 15 is 0 Å². The average molecular weight is 990 g/mol. The molecule has 8 heterocycles. The first-order valence-electron chi connectivity index (χ1n) is 25.4. The van der Waals surface area contributed by atoms with E-state index in [1.807, 2.05) is 123 Å². The number of hydrogen-bond donors (Lipinski definition) is 1. The second-order valence-corrected chi connectivity index (χ2v) is 18.8. The number of aromatic nitrogens is 6. The van der Waals surface area contributed by atoms with Crippen molar-refractivity contribution in [1.82, 2.24) is 44.6 Å². The monoisotopic (exact) mass is 989 g/mol. The summed E-state index contributed by atoms with van der Waals surface area (Å²) in [5.74, 6) is 0.385. The highest BCUT2D eigenvalue weighted by Crippen LogP contribution is 2.40. The number of benzene rings is 2. The van der Waals surface area contributed by atoms with Crippen LogP contribution in [0, 0.1) is 0 Å². The third-order valence-corrected chi connectivity index (χ3v) is 13.6. The summed E-state index contributed by atoms with van der Waals surface area (Å²) in [5.41, 5.74) is 11.4. The predicted molar refractivity (Wildman–Crippen MR) is 281 cm³/mol. The van der Waals surface area contributed by atoms with Crippen molar-refractivity contribution >= 4 is 23.0 Å². The Balaban J connectivity index is 0.800. The van der Waals surface area contributed by atoms with Gasteiger partial charge in [-0.25, -0.2) is 9.78 Å². The standard InChI is InChI=1S/C59H59N9O6/c1-3-48-51-30-46(19-20-54(51)65-56-52(48)38-68-55(56)31-50-49(4-2)58(70)73-39-53(50)57(68)69)74-59(71)64-25-13-14-26-72-47-28-40(32-66(34-42-15-5-9-21-60-42)35-43-16-6-10-22-61-43)27-41(29-47)33-67(36-44-17-7-11-23-62-44)37-45-18-8-12-24-63-45/h5-12,15-24,27-31,49H,3-4,13-14,25-26,32-39H2,1-2H3,(H,64,71)/t49-/m0/s1. The molecule has 2 aliphatic rings. The molecule has 0 unspecified atom stereocenters. The number of amides is 1. The number of hydrogen-bond acceptors (Lipinski definition) is 13. The van der Waals surface area contributed by atoms with Gasteiger partial charge in [-0.3, -0.25) is 39.3 Å². The summed E-state index contributed by atoms with van der Waals surface area (Å²) in [6.45, 7) is 9.01. The second-order valence-electron chi connectivity index (χ2n) is 18.8. The number of carbonyl (C=O) groups is 2. The fourth-order valence-electron chi connectivity index (χ4n) is 10.1. The Hall–Kier alpha value is -8.14. The topological polar surface area (TPSA) is 167 Å². The number of pyridine rings is 6. The van der Waals surface area contributed by atoms with Gasteiger partial charge >= 0.3 is 12.1 Å². The number of nitrogens with zero attached hydrogens (tertiary/aromatic N) is 8. The molecule has 2 aromatic carbocycles. The van der Waals surface area contributed by atoms with E-state index in [9.17, 15) is 14.4 Å². The van der Waals surface area contributed by atoms with Gasteiger partial charge in [-0.05, 0) is 133 Å². The number of ether oxygens (including phenoxy) is 3. The Morgan fingerprint density at radius 1 is 0.689 bits per heavy atom. The molecule has 0 saturated heterocycles. The van der Waals surface area contributed by atoms with Crippen LogP contribution in [0.3, 0.4) is 0 Å². The maximum Gasteiger partial charge on any atom is 0.412 e. The molecule has 0 fully saturated rings. The molecule has 0 bridgehead atoms. The second kappa shape index (κ2) is 23.2. The Morgan fingerprint density at radius 3 is 1.82 bits per heavy atom. The largest absolute Gasteiger partial charge is 0.494 e. The summed E-state index contributed by atoms with van der Waals surface area (Å²) in [5, 5.41) is 3.77. The summed E-state index contributed by atoms with van der Waals surface area (Å²) in [6, 6.07) is 37.9. The number of aryl methyl sites for hydroxylation is 1. The normalized spacial score (nSPS) is 13.6. The van der Waals surface area contributed by atoms with Crippen LogP contribution in [0.2, 0.25) is 0 Å². The number of nitrogens with one attached hydrogen (secondary N) is 1. The summed E-state index contributed by atoms with van der Waals surface area (Å²) < 4.78 is 19.4. The molecule has 2 aliphatic heterocycles. The van der Waals surface area contributed by atoms with Gasteiger partial charge in [0.15, 0.2) is 0 Å². The van der Waals surface area contributed by atoms with Crippen molar-refractivity contribution in [2.24, 2.45) is 0 Å². The predicted octanol–water partition coefficient (Wildman–Crippen LogP) is 9.47. The highest BCUT2D eigenvalue weighted by Gasteiger charge is 2.35. The molecule has 0 aliphatic carbocycles. The quantitative estimate of drug-likeness (QED) is 0.0535. The minimum absolute atomic E-state index is 0.0209. The zero-order chi connectivity index (χ0) is 50.8. The van der Waals surface area contributed by atoms with Crippen LogP contribution in [0.25, 0.3) is 22.3 Å². The minimum Gasteiger partial charge on any atom is -0.494 e. The van der Waals surface area contributed by atoms with E-state index in [0.717, 1.165) is 72.9 Å². The first-order chi connectivity index (χ1) is 36.3. The van der Waals surface area contributed by atoms with Gasteiger partial charge in [-0.2, -0.15) is 0 Å². The van der Waals surface area contributed by atoms with Crippen molar-refractivity contribution in [2.45, 2.75) is 97.9 Å². The van der Waals surface area contributed by atoms with Gasteiger partial charge < -0.3 is 24.1 Å². The van der Waals surface area contributed by atoms with E-state index < -0.39 is 12.0 Å². The number of rotatable bonds is 21. The molecule has 376 valence electrons. The van der Waals surface area contributed by atoms with Gasteiger partial charge in [0.05, 0.1) is 64.3 Å². The molecule has 74 heavy (non-hydrogen) atoms. The van der Waals surface area contributed by atoms with Crippen molar-refractivity contribution in [3.63, 3.8) is 0 Å².